The minimum absolute atomic E-state index is 0.0305. The maximum absolute atomic E-state index is 13.1. The van der Waals surface area contributed by atoms with Gasteiger partial charge in [0.2, 0.25) is 0 Å². The van der Waals surface area contributed by atoms with Crippen LogP contribution in [0.2, 0.25) is 0 Å². The van der Waals surface area contributed by atoms with Gasteiger partial charge in [0.1, 0.15) is 0 Å². The molecule has 0 radical (unpaired) electrons. The molecule has 1 aliphatic heterocycles. The van der Waals surface area contributed by atoms with Gasteiger partial charge in [0.15, 0.2) is 28.8 Å². The summed E-state index contributed by atoms with van der Waals surface area (Å²) < 4.78 is 10.4. The van der Waals surface area contributed by atoms with Crippen molar-refractivity contribution in [2.24, 2.45) is 0 Å². The van der Waals surface area contributed by atoms with Gasteiger partial charge in [0.25, 0.3) is 0 Å². The fourth-order valence-corrected chi connectivity index (χ4v) is 3.97. The Morgan fingerprint density at radius 3 is 1.63 bits per heavy atom. The number of piperidine rings is 1. The largest absolute Gasteiger partial charge is 0.504 e. The van der Waals surface area contributed by atoms with Gasteiger partial charge in [0, 0.05) is 24.2 Å². The average molecular weight is 476 g/mol. The third-order valence-electron chi connectivity index (χ3n) is 6.01. The van der Waals surface area contributed by atoms with E-state index in [0.717, 1.165) is 39.9 Å². The van der Waals surface area contributed by atoms with Crippen molar-refractivity contribution in [3.8, 4) is 23.0 Å². The highest BCUT2D eigenvalue weighted by atomic mass is 16.5. The fourth-order valence-electron chi connectivity index (χ4n) is 3.97. The van der Waals surface area contributed by atoms with E-state index in [4.69, 9.17) is 9.47 Å². The van der Waals surface area contributed by atoms with Gasteiger partial charge in [-0.1, -0.05) is 43.4 Å². The number of likely N-dealkylation sites (N-methyl/N-ethyl adjacent to an activating group) is 1. The summed E-state index contributed by atoms with van der Waals surface area (Å²) >= 11 is 0. The smallest absolute Gasteiger partial charge is 0.187 e. The van der Waals surface area contributed by atoms with Gasteiger partial charge in [-0.15, -0.1) is 0 Å². The molecule has 0 saturated carbocycles. The number of ether oxygens (including phenoxy) is 2. The first-order valence-electron chi connectivity index (χ1n) is 11.5. The average Bonchev–Trinajstić information content (AvgIpc) is 2.85. The Kier molecular flexibility index (Phi) is 8.55. The predicted octanol–water partition coefficient (Wildman–Crippen LogP) is 5.22. The predicted molar refractivity (Wildman–Crippen MR) is 140 cm³/mol. The maximum Gasteiger partial charge on any atom is 0.187 e. The van der Waals surface area contributed by atoms with Gasteiger partial charge >= 0.3 is 0 Å². The number of hydrogen-bond acceptors (Lipinski definition) is 6. The van der Waals surface area contributed by atoms with Crippen molar-refractivity contribution in [2.75, 3.05) is 33.9 Å². The molecule has 2 aromatic carbocycles. The third-order valence-corrected chi connectivity index (χ3v) is 6.01. The summed E-state index contributed by atoms with van der Waals surface area (Å²) in [4.78, 5) is 15.3. The molecule has 6 nitrogen and oxygen atoms in total. The monoisotopic (exact) mass is 475 g/mol. The standard InChI is InChI=1S/C29H33NO5/c1-6-30-17-23(11-7-9-21-13-19(2)27(31)25(15-21)34-4)29(33)24(18-30)12-8-10-22-14-20(3)28(32)26(16-22)35-5/h7-16,31-32H,6,17-18H2,1-5H3/b9-7+,10-8+,23-11+,24-12+. The van der Waals surface area contributed by atoms with Gasteiger partial charge in [0.05, 0.1) is 14.2 Å². The van der Waals surface area contributed by atoms with E-state index in [2.05, 4.69) is 11.8 Å². The summed E-state index contributed by atoms with van der Waals surface area (Å²) in [5, 5.41) is 20.1. The van der Waals surface area contributed by atoms with Gasteiger partial charge in [-0.05, 0) is 66.9 Å². The van der Waals surface area contributed by atoms with E-state index in [-0.39, 0.29) is 17.3 Å². The summed E-state index contributed by atoms with van der Waals surface area (Å²) in [6, 6.07) is 7.25. The van der Waals surface area contributed by atoms with Crippen LogP contribution in [0.5, 0.6) is 23.0 Å². The molecule has 1 aliphatic rings. The van der Waals surface area contributed by atoms with Crippen LogP contribution in [0, 0.1) is 13.8 Å². The Bertz CT molecular complexity index is 1130. The molecule has 184 valence electrons. The molecule has 0 aromatic heterocycles. The van der Waals surface area contributed by atoms with Crippen LogP contribution in [0.1, 0.15) is 29.2 Å². The van der Waals surface area contributed by atoms with Crippen molar-refractivity contribution in [2.45, 2.75) is 20.8 Å². The second kappa shape index (κ2) is 11.6. The Hall–Kier alpha value is -3.77. The summed E-state index contributed by atoms with van der Waals surface area (Å²) in [6.07, 6.45) is 11.2. The number of nitrogens with zero attached hydrogens (tertiary/aromatic N) is 1. The normalized spacial score (nSPS) is 17.2. The molecule has 1 fully saturated rings. The first-order chi connectivity index (χ1) is 16.8. The highest BCUT2D eigenvalue weighted by Crippen LogP contribution is 2.32. The number of aryl methyl sites for hydroxylation is 2. The number of Topliss-reactive ketones (excluding diaryl/α,β-unsaturated/α-hetero) is 1. The van der Waals surface area contributed by atoms with Crippen molar-refractivity contribution in [3.05, 3.63) is 82.0 Å². The van der Waals surface area contributed by atoms with Crippen molar-refractivity contribution in [3.63, 3.8) is 0 Å². The molecule has 0 atom stereocenters. The number of allylic oxidation sites excluding steroid dienone is 4. The number of hydrogen-bond donors (Lipinski definition) is 2. The number of carbonyl (C=O) groups is 1. The van der Waals surface area contributed by atoms with Gasteiger partial charge < -0.3 is 19.7 Å². The second-order valence-electron chi connectivity index (χ2n) is 8.51. The Morgan fingerprint density at radius 2 is 1.26 bits per heavy atom. The lowest BCUT2D eigenvalue weighted by Gasteiger charge is -2.28. The van der Waals surface area contributed by atoms with Crippen LogP contribution >= 0.6 is 0 Å². The molecule has 2 aromatic rings. The Labute approximate surface area is 207 Å². The zero-order chi connectivity index (χ0) is 25.5. The van der Waals surface area contributed by atoms with Crippen LogP contribution in [0.4, 0.5) is 0 Å². The van der Waals surface area contributed by atoms with Crippen molar-refractivity contribution >= 4 is 17.9 Å². The zero-order valence-corrected chi connectivity index (χ0v) is 21.0. The van der Waals surface area contributed by atoms with Crippen LogP contribution in [0.15, 0.2) is 59.7 Å². The van der Waals surface area contributed by atoms with E-state index < -0.39 is 0 Å². The number of rotatable bonds is 7. The van der Waals surface area contributed by atoms with Crippen molar-refractivity contribution in [1.29, 1.82) is 0 Å². The summed E-state index contributed by atoms with van der Waals surface area (Å²) in [5.41, 5.74) is 4.64. The summed E-state index contributed by atoms with van der Waals surface area (Å²) in [6.45, 7) is 7.72. The van der Waals surface area contributed by atoms with E-state index in [1.807, 2.05) is 62.4 Å². The molecule has 2 N–H and O–H groups in total. The Balaban J connectivity index is 1.82. The van der Waals surface area contributed by atoms with Gasteiger partial charge in [-0.3, -0.25) is 9.69 Å². The molecular formula is C29H33NO5. The second-order valence-corrected chi connectivity index (χ2v) is 8.51. The van der Waals surface area contributed by atoms with Gasteiger partial charge in [-0.25, -0.2) is 0 Å². The highest BCUT2D eigenvalue weighted by Gasteiger charge is 2.24. The molecule has 1 heterocycles. The number of ketones is 1. The summed E-state index contributed by atoms with van der Waals surface area (Å²) in [7, 11) is 3.04. The molecule has 0 spiro atoms. The van der Waals surface area contributed by atoms with E-state index in [0.29, 0.717) is 24.6 Å². The van der Waals surface area contributed by atoms with Crippen LogP contribution < -0.4 is 9.47 Å². The molecule has 0 unspecified atom stereocenters. The lowest BCUT2D eigenvalue weighted by atomic mass is 9.96. The number of benzene rings is 2. The molecule has 0 amide bonds. The number of phenols is 2. The highest BCUT2D eigenvalue weighted by molar-refractivity contribution is 6.10. The van der Waals surface area contributed by atoms with E-state index in [9.17, 15) is 15.0 Å². The number of aromatic hydroxyl groups is 2. The number of methoxy groups -OCH3 is 2. The topological polar surface area (TPSA) is 79.2 Å². The lowest BCUT2D eigenvalue weighted by molar-refractivity contribution is -0.113. The minimum Gasteiger partial charge on any atom is -0.504 e. The van der Waals surface area contributed by atoms with Crippen LogP contribution in [-0.4, -0.2) is 54.8 Å². The van der Waals surface area contributed by atoms with E-state index in [1.165, 1.54) is 14.2 Å². The molecule has 0 aliphatic carbocycles. The fraction of sp³-hybridized carbons (Fsp3) is 0.276. The molecular weight excluding hydrogens is 442 g/mol. The van der Waals surface area contributed by atoms with E-state index >= 15 is 0 Å². The summed E-state index contributed by atoms with van der Waals surface area (Å²) in [5.74, 6) is 1.13. The lowest BCUT2D eigenvalue weighted by Crippen LogP contribution is -2.37. The van der Waals surface area contributed by atoms with Crippen molar-refractivity contribution < 1.29 is 24.5 Å². The molecule has 1 saturated heterocycles. The van der Waals surface area contributed by atoms with Crippen LogP contribution in [-0.2, 0) is 4.79 Å². The Morgan fingerprint density at radius 1 is 0.829 bits per heavy atom. The third kappa shape index (κ3) is 6.22. The molecule has 35 heavy (non-hydrogen) atoms. The molecule has 3 rings (SSSR count). The van der Waals surface area contributed by atoms with E-state index in [1.54, 1.807) is 12.1 Å². The number of likely N-dealkylation sites (tertiary alicyclic amines) is 1. The first-order valence-corrected chi connectivity index (χ1v) is 11.5. The van der Waals surface area contributed by atoms with Gasteiger partial charge in [-0.2, -0.15) is 0 Å². The van der Waals surface area contributed by atoms with Crippen molar-refractivity contribution in [1.82, 2.24) is 4.90 Å². The maximum atomic E-state index is 13.1. The van der Waals surface area contributed by atoms with Crippen LogP contribution in [0.25, 0.3) is 12.2 Å². The SMILES string of the molecule is CCN1C/C(=C\C=C\c2cc(C)c(O)c(OC)c2)C(=O)/C(=C/C=C/c2cc(C)c(O)c(OC)c2)C1. The molecule has 6 heteroatoms. The zero-order valence-electron chi connectivity index (χ0n) is 21.0. The minimum atomic E-state index is 0.0305. The number of carbonyl (C=O) groups excluding carboxylic acids is 1. The quantitative estimate of drug-likeness (QED) is 0.535. The van der Waals surface area contributed by atoms with Crippen LogP contribution in [0.3, 0.4) is 0 Å². The number of phenolic OH excluding ortho intramolecular Hbond substituents is 2. The molecule has 0 bridgehead atoms. The first kappa shape index (κ1) is 25.8.